The summed E-state index contributed by atoms with van der Waals surface area (Å²) in [5, 5.41) is 16.2. The van der Waals surface area contributed by atoms with Crippen LogP contribution in [-0.2, 0) is 49.1 Å². The molecule has 0 saturated carbocycles. The number of likely N-dealkylation sites (tertiary alicyclic amines) is 1. The molecule has 2 amide bonds. The molecule has 1 aliphatic heterocycles. The van der Waals surface area contributed by atoms with Gasteiger partial charge in [0.1, 0.15) is 24.9 Å². The van der Waals surface area contributed by atoms with E-state index in [0.717, 1.165) is 36.2 Å². The molecule has 0 bridgehead atoms. The number of ether oxygens (including phenoxy) is 5. The summed E-state index contributed by atoms with van der Waals surface area (Å²) in [6, 6.07) is 26.3. The third-order valence-corrected chi connectivity index (χ3v) is 15.3. The van der Waals surface area contributed by atoms with E-state index in [1.54, 1.807) is 51.1 Å². The lowest BCUT2D eigenvalue weighted by atomic mass is 9.84. The zero-order valence-electron chi connectivity index (χ0n) is 36.1. The summed E-state index contributed by atoms with van der Waals surface area (Å²) in [4.78, 5) is 68.7. The summed E-state index contributed by atoms with van der Waals surface area (Å²) in [7, 11) is -1.96. The van der Waals surface area contributed by atoms with Gasteiger partial charge in [0.25, 0.3) is 8.32 Å². The molecule has 4 rings (SSSR count). The molecule has 3 aromatic rings. The van der Waals surface area contributed by atoms with Crippen LogP contribution in [0.4, 0.5) is 9.59 Å². The van der Waals surface area contributed by atoms with Crippen LogP contribution in [0.2, 0.25) is 5.04 Å². The lowest BCUT2D eigenvalue weighted by molar-refractivity contribution is -0.178. The van der Waals surface area contributed by atoms with Gasteiger partial charge >= 0.3 is 30.1 Å². The number of amides is 2. The highest BCUT2D eigenvalue weighted by molar-refractivity contribution is 6.99. The van der Waals surface area contributed by atoms with Crippen molar-refractivity contribution in [2.24, 2.45) is 0 Å². The van der Waals surface area contributed by atoms with Gasteiger partial charge in [-0.3, -0.25) is 14.5 Å². The first-order valence-electron chi connectivity index (χ1n) is 20.1. The van der Waals surface area contributed by atoms with Gasteiger partial charge in [-0.1, -0.05) is 112 Å². The molecule has 14 nitrogen and oxygen atoms in total. The molecule has 1 fully saturated rings. The van der Waals surface area contributed by atoms with E-state index in [9.17, 15) is 29.1 Å². The Morgan fingerprint density at radius 3 is 1.85 bits per heavy atom. The van der Waals surface area contributed by atoms with Crippen LogP contribution in [0.25, 0.3) is 0 Å². The second-order valence-electron chi connectivity index (χ2n) is 17.0. The fourth-order valence-corrected chi connectivity index (χ4v) is 12.6. The number of methoxy groups -OCH3 is 1. The number of esters is 3. The average Bonchev–Trinajstić information content (AvgIpc) is 3.56. The van der Waals surface area contributed by atoms with Gasteiger partial charge in [-0.05, 0) is 61.0 Å². The Bertz CT molecular complexity index is 1860. The molecule has 1 saturated heterocycles. The SMILES string of the molecule is COC(=O)N1[C@@H](C[C@@H](O)CO[Si](c2ccccc2)(c2ccccc2)C(C)(C)C)CC[C@]1(C(=O)OCc1ccccc1)[C@@H](OC(C)=O)[C@@H](COC(C)=O)NC(=O)OC(C)(C)C. The van der Waals surface area contributed by atoms with E-state index >= 15 is 0 Å². The monoisotopic (exact) mass is 848 g/mol. The van der Waals surface area contributed by atoms with Crippen molar-refractivity contribution in [2.75, 3.05) is 20.3 Å². The predicted octanol–water partition coefficient (Wildman–Crippen LogP) is 5.42. The summed E-state index contributed by atoms with van der Waals surface area (Å²) in [6.45, 7) is 12.6. The Hall–Kier alpha value is -5.25. The molecular formula is C45H60N2O12Si. The number of alkyl carbamates (subject to hydrolysis) is 1. The number of benzene rings is 3. The van der Waals surface area contributed by atoms with Gasteiger partial charge in [0, 0.05) is 19.9 Å². The van der Waals surface area contributed by atoms with Gasteiger partial charge in [0.15, 0.2) is 11.6 Å². The lowest BCUT2D eigenvalue weighted by Gasteiger charge is -2.45. The number of aliphatic hydroxyl groups is 1. The standard InChI is InChI=1S/C45H60N2O12Si/c1-31(48)55-30-38(46-41(52)59-43(3,4)5)39(58-32(2)49)45(40(51)56-28-33-19-13-10-14-20-33)26-25-34(47(45)42(53)54-9)27-35(50)29-57-60(44(6,7)8,36-21-15-11-16-22-36)37-23-17-12-18-24-37/h10-24,34-35,38-39,50H,25-30H2,1-9H3,(H,46,52)/t34-,35-,38-,39+,45-/m1/s1. The zero-order valence-corrected chi connectivity index (χ0v) is 37.1. The van der Waals surface area contributed by atoms with Crippen molar-refractivity contribution in [3.63, 3.8) is 0 Å². The molecular weight excluding hydrogens is 789 g/mol. The Balaban J connectivity index is 1.80. The Morgan fingerprint density at radius 1 is 0.817 bits per heavy atom. The first-order valence-corrected chi connectivity index (χ1v) is 22.0. The molecule has 1 aliphatic rings. The van der Waals surface area contributed by atoms with Crippen molar-refractivity contribution in [3.8, 4) is 0 Å². The van der Waals surface area contributed by atoms with Crippen LogP contribution in [0.3, 0.4) is 0 Å². The normalized spacial score (nSPS) is 18.4. The summed E-state index contributed by atoms with van der Waals surface area (Å²) in [5.74, 6) is -2.59. The second-order valence-corrected chi connectivity index (χ2v) is 21.3. The predicted molar refractivity (Wildman–Crippen MR) is 226 cm³/mol. The number of nitrogens with zero attached hydrogens (tertiary/aromatic N) is 1. The van der Waals surface area contributed by atoms with Crippen molar-refractivity contribution in [1.29, 1.82) is 0 Å². The van der Waals surface area contributed by atoms with Crippen LogP contribution < -0.4 is 15.7 Å². The van der Waals surface area contributed by atoms with Gasteiger partial charge in [-0.15, -0.1) is 0 Å². The summed E-state index contributed by atoms with van der Waals surface area (Å²) in [5.41, 5.74) is -2.53. The van der Waals surface area contributed by atoms with Crippen molar-refractivity contribution in [1.82, 2.24) is 10.2 Å². The van der Waals surface area contributed by atoms with Crippen LogP contribution in [0.1, 0.15) is 80.2 Å². The number of rotatable bonds is 16. The highest BCUT2D eigenvalue weighted by Gasteiger charge is 2.64. The molecule has 0 aromatic heterocycles. The summed E-state index contributed by atoms with van der Waals surface area (Å²) in [6.07, 6.45) is -5.04. The van der Waals surface area contributed by atoms with Gasteiger partial charge < -0.3 is 38.5 Å². The third kappa shape index (κ3) is 11.5. The van der Waals surface area contributed by atoms with E-state index in [0.29, 0.717) is 5.56 Å². The molecule has 3 aromatic carbocycles. The Labute approximate surface area is 353 Å². The van der Waals surface area contributed by atoms with E-state index in [1.165, 1.54) is 0 Å². The maximum atomic E-state index is 14.9. The highest BCUT2D eigenvalue weighted by atomic mass is 28.4. The first kappa shape index (κ1) is 47.4. The quantitative estimate of drug-likeness (QED) is 0.107. The number of hydrogen-bond donors (Lipinski definition) is 2. The topological polar surface area (TPSA) is 176 Å². The van der Waals surface area contributed by atoms with Crippen LogP contribution in [0.15, 0.2) is 91.0 Å². The number of carbonyl (C=O) groups excluding carboxylic acids is 5. The molecule has 60 heavy (non-hydrogen) atoms. The van der Waals surface area contributed by atoms with Crippen LogP contribution in [0.5, 0.6) is 0 Å². The van der Waals surface area contributed by atoms with E-state index < -0.39 is 85.5 Å². The van der Waals surface area contributed by atoms with Crippen molar-refractivity contribution < 1.29 is 57.2 Å². The third-order valence-electron chi connectivity index (χ3n) is 10.3. The summed E-state index contributed by atoms with van der Waals surface area (Å²) < 4.78 is 35.0. The van der Waals surface area contributed by atoms with Crippen LogP contribution in [-0.4, -0.2) is 104 Å². The Morgan fingerprint density at radius 2 is 1.37 bits per heavy atom. The van der Waals surface area contributed by atoms with Crippen molar-refractivity contribution in [2.45, 2.75) is 122 Å². The van der Waals surface area contributed by atoms with E-state index in [2.05, 4.69) is 26.1 Å². The van der Waals surface area contributed by atoms with Crippen LogP contribution in [0, 0.1) is 0 Å². The molecule has 5 atom stereocenters. The minimum atomic E-state index is -3.10. The van der Waals surface area contributed by atoms with E-state index in [-0.39, 0.29) is 32.5 Å². The van der Waals surface area contributed by atoms with Gasteiger partial charge in [0.2, 0.25) is 0 Å². The number of aliphatic hydroxyl groups excluding tert-OH is 1. The molecule has 0 radical (unpaired) electrons. The highest BCUT2D eigenvalue weighted by Crippen LogP contribution is 2.43. The maximum Gasteiger partial charge on any atom is 0.410 e. The fourth-order valence-electron chi connectivity index (χ4n) is 7.97. The first-order chi connectivity index (χ1) is 28.2. The minimum Gasteiger partial charge on any atom is -0.464 e. The molecule has 326 valence electrons. The van der Waals surface area contributed by atoms with Gasteiger partial charge in [0.05, 0.1) is 19.8 Å². The molecule has 0 unspecified atom stereocenters. The molecule has 15 heteroatoms. The average molecular weight is 849 g/mol. The van der Waals surface area contributed by atoms with Crippen LogP contribution >= 0.6 is 0 Å². The molecule has 1 heterocycles. The molecule has 0 spiro atoms. The number of hydrogen-bond acceptors (Lipinski definition) is 12. The maximum absolute atomic E-state index is 14.9. The van der Waals surface area contributed by atoms with Gasteiger partial charge in [-0.25, -0.2) is 14.4 Å². The van der Waals surface area contributed by atoms with E-state index in [1.807, 2.05) is 60.7 Å². The van der Waals surface area contributed by atoms with Gasteiger partial charge in [-0.2, -0.15) is 0 Å². The van der Waals surface area contributed by atoms with E-state index in [4.69, 9.17) is 28.1 Å². The minimum absolute atomic E-state index is 0.0935. The fraction of sp³-hybridized carbons (Fsp3) is 0.489. The summed E-state index contributed by atoms with van der Waals surface area (Å²) >= 11 is 0. The zero-order chi connectivity index (χ0) is 44.3. The largest absolute Gasteiger partial charge is 0.464 e. The lowest BCUT2D eigenvalue weighted by Crippen LogP contribution is -2.69. The Kier molecular flexibility index (Phi) is 16.1. The molecule has 0 aliphatic carbocycles. The smallest absolute Gasteiger partial charge is 0.410 e. The number of nitrogens with one attached hydrogen (secondary N) is 1. The molecule has 2 N–H and O–H groups in total. The van der Waals surface area contributed by atoms with Crippen molar-refractivity contribution in [3.05, 3.63) is 96.6 Å². The second kappa shape index (κ2) is 20.3. The number of carbonyl (C=O) groups is 5. The van der Waals surface area contributed by atoms with Crippen molar-refractivity contribution >= 4 is 48.8 Å².